The zero-order chi connectivity index (χ0) is 12.4. The Bertz CT molecular complexity index is 280. The minimum Gasteiger partial charge on any atom is -0.330 e. The van der Waals surface area contributed by atoms with Crippen LogP contribution in [0, 0.1) is 5.92 Å². The first kappa shape index (κ1) is 12.6. The number of likely N-dealkylation sites (N-methyl/N-ethyl adjacent to an activating group) is 1. The summed E-state index contributed by atoms with van der Waals surface area (Å²) >= 11 is 0. The number of likely N-dealkylation sites (tertiary alicyclic amines) is 1. The first-order valence-electron chi connectivity index (χ1n) is 6.54. The molecule has 0 bridgehead atoms. The van der Waals surface area contributed by atoms with Crippen molar-refractivity contribution < 1.29 is 4.79 Å². The second kappa shape index (κ2) is 5.23. The standard InChI is InChI=1S/C12H24N4O/c1-14-7-4-10(8-14)11-9-16(6-3-5-13)12(17)15(11)2/h10-11H,3-9,13H2,1-2H3. The number of nitrogens with zero attached hydrogens (tertiary/aromatic N) is 3. The van der Waals surface area contributed by atoms with E-state index in [0.29, 0.717) is 18.5 Å². The monoisotopic (exact) mass is 240 g/mol. The van der Waals surface area contributed by atoms with E-state index in [9.17, 15) is 4.79 Å². The van der Waals surface area contributed by atoms with E-state index in [0.717, 1.165) is 32.6 Å². The molecule has 2 atom stereocenters. The lowest BCUT2D eigenvalue weighted by molar-refractivity contribution is 0.189. The minimum absolute atomic E-state index is 0.179. The van der Waals surface area contributed by atoms with Crippen molar-refractivity contribution in [3.05, 3.63) is 0 Å². The average Bonchev–Trinajstić information content (AvgIpc) is 2.84. The van der Waals surface area contributed by atoms with Crippen LogP contribution in [0.15, 0.2) is 0 Å². The fraction of sp³-hybridized carbons (Fsp3) is 0.917. The maximum atomic E-state index is 12.1. The molecule has 17 heavy (non-hydrogen) atoms. The number of carbonyl (C=O) groups excluding carboxylic acids is 1. The van der Waals surface area contributed by atoms with Crippen LogP contribution in [0.4, 0.5) is 4.79 Å². The van der Waals surface area contributed by atoms with Crippen molar-refractivity contribution in [3.63, 3.8) is 0 Å². The molecule has 2 rings (SSSR count). The summed E-state index contributed by atoms with van der Waals surface area (Å²) in [6.45, 7) is 4.62. The number of rotatable bonds is 4. The van der Waals surface area contributed by atoms with E-state index in [1.54, 1.807) is 0 Å². The molecule has 0 aromatic carbocycles. The van der Waals surface area contributed by atoms with Crippen molar-refractivity contribution in [2.24, 2.45) is 11.7 Å². The normalized spacial score (nSPS) is 30.6. The van der Waals surface area contributed by atoms with Gasteiger partial charge in [-0.2, -0.15) is 0 Å². The SMILES string of the molecule is CN1CCC(C2CN(CCCN)C(=O)N2C)C1. The molecule has 0 spiro atoms. The van der Waals surface area contributed by atoms with E-state index in [4.69, 9.17) is 5.73 Å². The summed E-state index contributed by atoms with van der Waals surface area (Å²) in [6.07, 6.45) is 2.11. The molecule has 5 heteroatoms. The summed E-state index contributed by atoms with van der Waals surface area (Å²) in [5.74, 6) is 0.636. The number of urea groups is 1. The Morgan fingerprint density at radius 2 is 2.12 bits per heavy atom. The molecule has 2 aliphatic rings. The molecule has 2 heterocycles. The molecule has 0 aliphatic carbocycles. The summed E-state index contributed by atoms with van der Waals surface area (Å²) < 4.78 is 0. The van der Waals surface area contributed by atoms with Crippen molar-refractivity contribution >= 4 is 6.03 Å². The van der Waals surface area contributed by atoms with E-state index in [1.807, 2.05) is 16.8 Å². The van der Waals surface area contributed by atoms with Crippen molar-refractivity contribution in [3.8, 4) is 0 Å². The number of amides is 2. The maximum Gasteiger partial charge on any atom is 0.320 e. The van der Waals surface area contributed by atoms with Crippen molar-refractivity contribution in [1.29, 1.82) is 0 Å². The zero-order valence-electron chi connectivity index (χ0n) is 10.9. The molecule has 5 nitrogen and oxygen atoms in total. The minimum atomic E-state index is 0.179. The van der Waals surface area contributed by atoms with Crippen LogP contribution in [0.1, 0.15) is 12.8 Å². The van der Waals surface area contributed by atoms with Gasteiger partial charge in [-0.25, -0.2) is 4.79 Å². The van der Waals surface area contributed by atoms with Crippen molar-refractivity contribution in [1.82, 2.24) is 14.7 Å². The molecular weight excluding hydrogens is 216 g/mol. The van der Waals surface area contributed by atoms with Gasteiger partial charge >= 0.3 is 6.03 Å². The van der Waals surface area contributed by atoms with Crippen molar-refractivity contribution in [2.45, 2.75) is 18.9 Å². The summed E-state index contributed by atoms with van der Waals surface area (Å²) in [7, 11) is 4.09. The lowest BCUT2D eigenvalue weighted by atomic mass is 9.99. The second-order valence-corrected chi connectivity index (χ2v) is 5.36. The first-order valence-corrected chi connectivity index (χ1v) is 6.54. The third-order valence-electron chi connectivity index (χ3n) is 4.08. The molecule has 0 radical (unpaired) electrons. The summed E-state index contributed by atoms with van der Waals surface area (Å²) in [5, 5.41) is 0. The van der Waals surface area contributed by atoms with Gasteiger partial charge in [-0.05, 0) is 38.9 Å². The highest BCUT2D eigenvalue weighted by Crippen LogP contribution is 2.27. The van der Waals surface area contributed by atoms with Crippen LogP contribution in [0.5, 0.6) is 0 Å². The van der Waals surface area contributed by atoms with E-state index in [-0.39, 0.29) is 6.03 Å². The molecule has 98 valence electrons. The molecular formula is C12H24N4O. The van der Waals surface area contributed by atoms with E-state index in [1.165, 1.54) is 6.42 Å². The number of hydrogen-bond acceptors (Lipinski definition) is 3. The Hall–Kier alpha value is -0.810. The van der Waals surface area contributed by atoms with Gasteiger partial charge in [0.1, 0.15) is 0 Å². The zero-order valence-corrected chi connectivity index (χ0v) is 10.9. The Kier molecular flexibility index (Phi) is 3.89. The van der Waals surface area contributed by atoms with Crippen molar-refractivity contribution in [2.75, 3.05) is 46.8 Å². The molecule has 2 fully saturated rings. The first-order chi connectivity index (χ1) is 8.13. The molecule has 0 aromatic heterocycles. The fourth-order valence-electron chi connectivity index (χ4n) is 3.01. The number of nitrogens with two attached hydrogens (primary N) is 1. The van der Waals surface area contributed by atoms with E-state index in [2.05, 4.69) is 11.9 Å². The van der Waals surface area contributed by atoms with Gasteiger partial charge in [-0.15, -0.1) is 0 Å². The summed E-state index contributed by atoms with van der Waals surface area (Å²) in [6, 6.07) is 0.572. The second-order valence-electron chi connectivity index (χ2n) is 5.36. The van der Waals surface area contributed by atoms with Gasteiger partial charge in [0.2, 0.25) is 0 Å². The quantitative estimate of drug-likeness (QED) is 0.754. The lowest BCUT2D eigenvalue weighted by Crippen LogP contribution is -2.37. The van der Waals surface area contributed by atoms with Crippen LogP contribution in [-0.4, -0.2) is 73.6 Å². The molecule has 0 saturated carbocycles. The predicted molar refractivity (Wildman–Crippen MR) is 67.8 cm³/mol. The molecule has 2 N–H and O–H groups in total. The van der Waals surface area contributed by atoms with Crippen LogP contribution in [-0.2, 0) is 0 Å². The highest BCUT2D eigenvalue weighted by Gasteiger charge is 2.40. The van der Waals surface area contributed by atoms with Gasteiger partial charge in [-0.1, -0.05) is 0 Å². The highest BCUT2D eigenvalue weighted by atomic mass is 16.2. The lowest BCUT2D eigenvalue weighted by Gasteiger charge is -2.23. The Balaban J connectivity index is 1.94. The Morgan fingerprint density at radius 1 is 1.35 bits per heavy atom. The largest absolute Gasteiger partial charge is 0.330 e. The van der Waals surface area contributed by atoms with Gasteiger partial charge in [0.05, 0.1) is 6.04 Å². The van der Waals surface area contributed by atoms with Gasteiger partial charge < -0.3 is 20.4 Å². The number of carbonyl (C=O) groups is 1. The smallest absolute Gasteiger partial charge is 0.320 e. The van der Waals surface area contributed by atoms with Gasteiger partial charge in [0.25, 0.3) is 0 Å². The summed E-state index contributed by atoms with van der Waals surface area (Å²) in [5.41, 5.74) is 5.50. The average molecular weight is 240 g/mol. The maximum absolute atomic E-state index is 12.1. The Morgan fingerprint density at radius 3 is 2.71 bits per heavy atom. The van der Waals surface area contributed by atoms with Gasteiger partial charge in [0.15, 0.2) is 0 Å². The molecule has 0 aromatic rings. The third kappa shape index (κ3) is 2.55. The van der Waals surface area contributed by atoms with Crippen LogP contribution in [0.3, 0.4) is 0 Å². The fourth-order valence-corrected chi connectivity index (χ4v) is 3.01. The van der Waals surface area contributed by atoms with Gasteiger partial charge in [-0.3, -0.25) is 0 Å². The van der Waals surface area contributed by atoms with Crippen LogP contribution < -0.4 is 5.73 Å². The Labute approximate surface area is 104 Å². The highest BCUT2D eigenvalue weighted by molar-refractivity contribution is 5.76. The number of hydrogen-bond donors (Lipinski definition) is 1. The molecule has 2 saturated heterocycles. The van der Waals surface area contributed by atoms with E-state index >= 15 is 0 Å². The van der Waals surface area contributed by atoms with Crippen LogP contribution in [0.25, 0.3) is 0 Å². The summed E-state index contributed by atoms with van der Waals surface area (Å²) in [4.78, 5) is 18.3. The predicted octanol–water partition coefficient (Wildman–Crippen LogP) is 0.0229. The topological polar surface area (TPSA) is 52.8 Å². The van der Waals surface area contributed by atoms with E-state index < -0.39 is 0 Å². The third-order valence-corrected chi connectivity index (χ3v) is 4.08. The molecule has 2 aliphatic heterocycles. The van der Waals surface area contributed by atoms with Crippen LogP contribution in [0.2, 0.25) is 0 Å². The van der Waals surface area contributed by atoms with Gasteiger partial charge in [0, 0.05) is 26.7 Å². The molecule has 2 amide bonds. The van der Waals surface area contributed by atoms with Crippen LogP contribution >= 0.6 is 0 Å². The molecule has 2 unspecified atom stereocenters.